The first-order valence-electron chi connectivity index (χ1n) is 11.8. The molecule has 5 heterocycles. The van der Waals surface area contributed by atoms with Gasteiger partial charge in [-0.25, -0.2) is 19.9 Å². The number of piperidine rings is 1. The molecule has 1 fully saturated rings. The normalized spacial score (nSPS) is 16.1. The van der Waals surface area contributed by atoms with Crippen LogP contribution in [0.4, 0.5) is 5.82 Å². The Morgan fingerprint density at radius 2 is 2.09 bits per heavy atom. The zero-order valence-electron chi connectivity index (χ0n) is 18.9. The summed E-state index contributed by atoms with van der Waals surface area (Å²) in [5, 5.41) is 4.30. The van der Waals surface area contributed by atoms with Crippen LogP contribution in [-0.4, -0.2) is 44.2 Å². The number of aryl methyl sites for hydroxylation is 1. The van der Waals surface area contributed by atoms with E-state index in [1.54, 1.807) is 24.2 Å². The Kier molecular flexibility index (Phi) is 5.84. The van der Waals surface area contributed by atoms with Crippen LogP contribution in [0.1, 0.15) is 31.2 Å². The summed E-state index contributed by atoms with van der Waals surface area (Å²) in [5.74, 6) is 2.64. The molecule has 3 aromatic heterocycles. The summed E-state index contributed by atoms with van der Waals surface area (Å²) in [6, 6.07) is 4.19. The molecule has 2 aliphatic rings. The van der Waals surface area contributed by atoms with Crippen molar-refractivity contribution in [3.8, 4) is 17.2 Å². The molecule has 4 aromatic rings. The van der Waals surface area contributed by atoms with E-state index < -0.39 is 0 Å². The van der Waals surface area contributed by atoms with E-state index in [4.69, 9.17) is 19.9 Å². The van der Waals surface area contributed by atoms with Gasteiger partial charge in [0.15, 0.2) is 22.1 Å². The topological polar surface area (TPSA) is 117 Å². The molecule has 176 valence electrons. The van der Waals surface area contributed by atoms with Crippen molar-refractivity contribution < 1.29 is 9.15 Å². The molecule has 0 amide bonds. The summed E-state index contributed by atoms with van der Waals surface area (Å²) in [5.41, 5.74) is 9.68. The lowest BCUT2D eigenvalue weighted by atomic mass is 9.93. The highest BCUT2D eigenvalue weighted by molar-refractivity contribution is 7.99. The van der Waals surface area contributed by atoms with Gasteiger partial charge in [0.05, 0.1) is 18.4 Å². The second-order valence-electron chi connectivity index (χ2n) is 8.81. The predicted octanol–water partition coefficient (Wildman–Crippen LogP) is 3.93. The minimum absolute atomic E-state index is 0.402. The van der Waals surface area contributed by atoms with Gasteiger partial charge in [-0.2, -0.15) is 0 Å². The molecule has 0 radical (unpaired) electrons. The van der Waals surface area contributed by atoms with E-state index >= 15 is 0 Å². The minimum Gasteiger partial charge on any atom is -0.493 e. The summed E-state index contributed by atoms with van der Waals surface area (Å²) in [6.45, 7) is 3.77. The highest BCUT2D eigenvalue weighted by Gasteiger charge is 2.23. The first kappa shape index (κ1) is 21.4. The van der Waals surface area contributed by atoms with E-state index in [2.05, 4.69) is 30.9 Å². The van der Waals surface area contributed by atoms with Crippen molar-refractivity contribution in [1.29, 1.82) is 0 Å². The van der Waals surface area contributed by atoms with Gasteiger partial charge in [-0.15, -0.1) is 0 Å². The number of nitrogens with two attached hydrogens (primary N) is 1. The number of fused-ring (bicyclic) bond motifs is 2. The molecule has 2 aliphatic heterocycles. The number of oxazole rings is 1. The maximum absolute atomic E-state index is 6.17. The third-order valence-corrected chi connectivity index (χ3v) is 7.69. The summed E-state index contributed by atoms with van der Waals surface area (Å²) in [7, 11) is 0. The highest BCUT2D eigenvalue weighted by Crippen LogP contribution is 2.41. The second-order valence-corrected chi connectivity index (χ2v) is 9.82. The number of benzene rings is 1. The average Bonchev–Trinajstić information content (AvgIpc) is 3.61. The van der Waals surface area contributed by atoms with Crippen molar-refractivity contribution in [1.82, 2.24) is 29.8 Å². The third kappa shape index (κ3) is 4.12. The number of hydrogen-bond acceptors (Lipinski definition) is 9. The van der Waals surface area contributed by atoms with Crippen LogP contribution in [0.2, 0.25) is 0 Å². The van der Waals surface area contributed by atoms with Crippen molar-refractivity contribution in [3.05, 3.63) is 36.5 Å². The Morgan fingerprint density at radius 3 is 2.94 bits per heavy atom. The molecular weight excluding hydrogens is 450 g/mol. The smallest absolute Gasteiger partial charge is 0.227 e. The molecule has 0 saturated carbocycles. The van der Waals surface area contributed by atoms with Crippen LogP contribution in [0.15, 0.2) is 45.4 Å². The highest BCUT2D eigenvalue weighted by atomic mass is 32.2. The molecule has 0 atom stereocenters. The Bertz CT molecular complexity index is 1300. The molecule has 6 rings (SSSR count). The van der Waals surface area contributed by atoms with Gasteiger partial charge < -0.3 is 24.8 Å². The van der Waals surface area contributed by atoms with Gasteiger partial charge >= 0.3 is 0 Å². The van der Waals surface area contributed by atoms with Crippen LogP contribution in [0.5, 0.6) is 5.75 Å². The Labute approximate surface area is 201 Å². The zero-order valence-corrected chi connectivity index (χ0v) is 19.7. The van der Waals surface area contributed by atoms with Gasteiger partial charge in [-0.05, 0) is 62.4 Å². The van der Waals surface area contributed by atoms with Gasteiger partial charge in [0.2, 0.25) is 5.89 Å². The summed E-state index contributed by atoms with van der Waals surface area (Å²) in [4.78, 5) is 19.0. The van der Waals surface area contributed by atoms with Crippen molar-refractivity contribution in [2.75, 3.05) is 25.4 Å². The zero-order chi connectivity index (χ0) is 22.9. The number of nitrogen functional groups attached to an aromatic ring is 1. The lowest BCUT2D eigenvalue weighted by Crippen LogP contribution is -2.27. The van der Waals surface area contributed by atoms with Crippen molar-refractivity contribution in [2.24, 2.45) is 5.92 Å². The molecule has 3 N–H and O–H groups in total. The van der Waals surface area contributed by atoms with Gasteiger partial charge in [-0.1, -0.05) is 11.8 Å². The second kappa shape index (κ2) is 9.27. The number of nitrogens with one attached hydrogen (secondary N) is 1. The van der Waals surface area contributed by atoms with E-state index in [1.807, 2.05) is 6.07 Å². The fourth-order valence-electron chi connectivity index (χ4n) is 4.83. The molecule has 9 nitrogen and oxygen atoms in total. The molecule has 0 spiro atoms. The number of anilines is 1. The van der Waals surface area contributed by atoms with Crippen molar-refractivity contribution in [3.63, 3.8) is 0 Å². The van der Waals surface area contributed by atoms with Gasteiger partial charge in [0.25, 0.3) is 0 Å². The van der Waals surface area contributed by atoms with Crippen LogP contribution < -0.4 is 15.8 Å². The standard InChI is InChI=1S/C24H27N7O2S/c25-21-20-22(29-14-28-21)31(9-1-2-15-3-6-26-7-4-15)24(30-20)34-19-12-16-5-10-32-18(16)13-17(19)23-27-8-11-33-23/h8,11-15,26H,1-7,9-10H2,(H2,25,28,29). The predicted molar refractivity (Wildman–Crippen MR) is 130 cm³/mol. The molecule has 0 unspecified atom stereocenters. The molecular formula is C24H27N7O2S. The number of imidazole rings is 1. The SMILES string of the molecule is Nc1ncnc2c1nc(Sc1cc3c(cc1-c1ncco1)OCC3)n2CCCC1CCNCC1. The van der Waals surface area contributed by atoms with Crippen LogP contribution >= 0.6 is 11.8 Å². The van der Waals surface area contributed by atoms with E-state index in [1.165, 1.54) is 31.2 Å². The van der Waals surface area contributed by atoms with E-state index in [9.17, 15) is 0 Å². The number of aromatic nitrogens is 5. The van der Waals surface area contributed by atoms with Crippen molar-refractivity contribution >= 4 is 28.7 Å². The summed E-state index contributed by atoms with van der Waals surface area (Å²) in [6.07, 6.45) is 10.4. The maximum Gasteiger partial charge on any atom is 0.227 e. The summed E-state index contributed by atoms with van der Waals surface area (Å²) < 4.78 is 13.6. The number of hydrogen-bond donors (Lipinski definition) is 2. The fourth-order valence-corrected chi connectivity index (χ4v) is 5.91. The monoisotopic (exact) mass is 477 g/mol. The first-order valence-corrected chi connectivity index (χ1v) is 12.6. The fraction of sp³-hybridized carbons (Fsp3) is 0.417. The van der Waals surface area contributed by atoms with Crippen LogP contribution in [0.25, 0.3) is 22.6 Å². The molecule has 1 saturated heterocycles. The van der Waals surface area contributed by atoms with E-state index in [0.717, 1.165) is 65.4 Å². The Morgan fingerprint density at radius 1 is 1.18 bits per heavy atom. The maximum atomic E-state index is 6.17. The average molecular weight is 478 g/mol. The quantitative estimate of drug-likeness (QED) is 0.408. The van der Waals surface area contributed by atoms with Gasteiger partial charge in [0, 0.05) is 17.9 Å². The van der Waals surface area contributed by atoms with Gasteiger partial charge in [0.1, 0.15) is 18.3 Å². The van der Waals surface area contributed by atoms with E-state index in [0.29, 0.717) is 23.8 Å². The van der Waals surface area contributed by atoms with Crippen LogP contribution in [0.3, 0.4) is 0 Å². The Balaban J connectivity index is 1.35. The molecule has 1 aromatic carbocycles. The van der Waals surface area contributed by atoms with Gasteiger partial charge in [-0.3, -0.25) is 0 Å². The third-order valence-electron chi connectivity index (χ3n) is 6.63. The molecule has 0 aliphatic carbocycles. The lowest BCUT2D eigenvalue weighted by molar-refractivity contribution is 0.339. The van der Waals surface area contributed by atoms with Crippen LogP contribution in [-0.2, 0) is 13.0 Å². The molecule has 0 bridgehead atoms. The number of ether oxygens (including phenoxy) is 1. The molecule has 34 heavy (non-hydrogen) atoms. The molecule has 10 heteroatoms. The summed E-state index contributed by atoms with van der Waals surface area (Å²) >= 11 is 1.59. The largest absolute Gasteiger partial charge is 0.493 e. The number of rotatable bonds is 7. The first-order chi connectivity index (χ1) is 16.8. The van der Waals surface area contributed by atoms with E-state index in [-0.39, 0.29) is 0 Å². The van der Waals surface area contributed by atoms with Crippen molar-refractivity contribution in [2.45, 2.75) is 48.7 Å². The lowest BCUT2D eigenvalue weighted by Gasteiger charge is -2.22. The van der Waals surface area contributed by atoms with Crippen LogP contribution in [0, 0.1) is 5.92 Å². The number of nitrogens with zero attached hydrogens (tertiary/aromatic N) is 5. The minimum atomic E-state index is 0.402. The Hall–Kier alpha value is -3.11.